The minimum Gasteiger partial charge on any atom is -0.493 e. The number of nitrogens with zero attached hydrogens (tertiary/aromatic N) is 3. The molecule has 0 saturated carbocycles. The zero-order valence-corrected chi connectivity index (χ0v) is 14.6. The highest BCUT2D eigenvalue weighted by Gasteiger charge is 2.21. The maximum Gasteiger partial charge on any atom is 0.387 e. The summed E-state index contributed by atoms with van der Waals surface area (Å²) in [5.74, 6) is -0.857. The predicted molar refractivity (Wildman–Crippen MR) is 87.7 cm³/mol. The first kappa shape index (κ1) is 19.1. The molecule has 1 aromatic carbocycles. The molecule has 0 bridgehead atoms. The third-order valence-electron chi connectivity index (χ3n) is 3.53. The number of methoxy groups -OCH3 is 1. The van der Waals surface area contributed by atoms with E-state index in [9.17, 15) is 13.6 Å². The number of anilines is 1. The molecule has 0 aliphatic rings. The van der Waals surface area contributed by atoms with Gasteiger partial charge in [0, 0.05) is 5.56 Å². The van der Waals surface area contributed by atoms with E-state index < -0.39 is 12.6 Å². The summed E-state index contributed by atoms with van der Waals surface area (Å²) >= 11 is 0. The van der Waals surface area contributed by atoms with Gasteiger partial charge in [0.25, 0.3) is 5.89 Å². The molecule has 3 aromatic rings. The molecule has 3 rings (SSSR count). The molecule has 2 aromatic heterocycles. The fourth-order valence-electron chi connectivity index (χ4n) is 2.27. The van der Waals surface area contributed by atoms with E-state index in [2.05, 4.69) is 20.0 Å². The number of aromatic nitrogens is 3. The van der Waals surface area contributed by atoms with Crippen LogP contribution in [0.15, 0.2) is 27.2 Å². The van der Waals surface area contributed by atoms with Crippen molar-refractivity contribution in [2.75, 3.05) is 12.8 Å². The van der Waals surface area contributed by atoms with Crippen molar-refractivity contribution in [3.8, 4) is 22.9 Å². The van der Waals surface area contributed by atoms with Crippen LogP contribution in [-0.4, -0.2) is 35.0 Å². The largest absolute Gasteiger partial charge is 0.493 e. The lowest BCUT2D eigenvalue weighted by atomic mass is 10.2. The number of halogens is 2. The Kier molecular flexibility index (Phi) is 5.38. The van der Waals surface area contributed by atoms with Crippen molar-refractivity contribution in [1.82, 2.24) is 15.3 Å². The van der Waals surface area contributed by atoms with E-state index in [-0.39, 0.29) is 47.0 Å². The SMILES string of the molecule is COc1cc(-c2noc(COC(=O)c3c(C)noc3N)n2)ccc1OC(F)F. The van der Waals surface area contributed by atoms with Gasteiger partial charge >= 0.3 is 12.6 Å². The van der Waals surface area contributed by atoms with Gasteiger partial charge < -0.3 is 29.0 Å². The van der Waals surface area contributed by atoms with Crippen LogP contribution in [0.25, 0.3) is 11.4 Å². The molecule has 2 heterocycles. The Balaban J connectivity index is 1.71. The first-order chi connectivity index (χ1) is 13.4. The summed E-state index contributed by atoms with van der Waals surface area (Å²) in [7, 11) is 1.30. The topological polar surface area (TPSA) is 136 Å². The number of carbonyl (C=O) groups excluding carboxylic acids is 1. The fraction of sp³-hybridized carbons (Fsp3) is 0.250. The molecule has 10 nitrogen and oxygen atoms in total. The van der Waals surface area contributed by atoms with E-state index in [4.69, 9.17) is 24.3 Å². The molecule has 12 heteroatoms. The minimum absolute atomic E-state index is 0.00269. The summed E-state index contributed by atoms with van der Waals surface area (Å²) in [6.45, 7) is -1.77. The van der Waals surface area contributed by atoms with Crippen LogP contribution >= 0.6 is 0 Å². The van der Waals surface area contributed by atoms with Crippen molar-refractivity contribution in [3.63, 3.8) is 0 Å². The average Bonchev–Trinajstić information content (AvgIpc) is 3.26. The third kappa shape index (κ3) is 4.00. The van der Waals surface area contributed by atoms with Gasteiger partial charge in [0.15, 0.2) is 18.1 Å². The first-order valence-corrected chi connectivity index (χ1v) is 7.73. The second kappa shape index (κ2) is 7.90. The zero-order valence-electron chi connectivity index (χ0n) is 14.6. The Morgan fingerprint density at radius 3 is 2.68 bits per heavy atom. The Morgan fingerprint density at radius 1 is 1.25 bits per heavy atom. The number of nitrogens with two attached hydrogens (primary N) is 1. The predicted octanol–water partition coefficient (Wildman–Crippen LogP) is 2.58. The maximum atomic E-state index is 12.4. The van der Waals surface area contributed by atoms with Crippen molar-refractivity contribution >= 4 is 11.9 Å². The van der Waals surface area contributed by atoms with Crippen LogP contribution in [0.5, 0.6) is 11.5 Å². The molecule has 148 valence electrons. The van der Waals surface area contributed by atoms with Gasteiger partial charge in [-0.1, -0.05) is 10.3 Å². The van der Waals surface area contributed by atoms with Gasteiger partial charge in [0.1, 0.15) is 5.56 Å². The monoisotopic (exact) mass is 396 g/mol. The molecule has 0 aliphatic heterocycles. The maximum absolute atomic E-state index is 12.4. The van der Waals surface area contributed by atoms with E-state index in [1.165, 1.54) is 32.2 Å². The number of benzene rings is 1. The van der Waals surface area contributed by atoms with Gasteiger partial charge in [-0.15, -0.1) is 0 Å². The van der Waals surface area contributed by atoms with Crippen LogP contribution in [0.3, 0.4) is 0 Å². The highest BCUT2D eigenvalue weighted by molar-refractivity contribution is 5.94. The molecule has 0 aliphatic carbocycles. The highest BCUT2D eigenvalue weighted by atomic mass is 19.3. The van der Waals surface area contributed by atoms with E-state index in [0.717, 1.165) is 0 Å². The Morgan fingerprint density at radius 2 is 2.04 bits per heavy atom. The van der Waals surface area contributed by atoms with Crippen LogP contribution in [0, 0.1) is 6.92 Å². The van der Waals surface area contributed by atoms with E-state index in [1.54, 1.807) is 0 Å². The van der Waals surface area contributed by atoms with Crippen LogP contribution in [0.2, 0.25) is 0 Å². The summed E-state index contributed by atoms with van der Waals surface area (Å²) in [6, 6.07) is 4.13. The molecule has 0 spiro atoms. The van der Waals surface area contributed by atoms with Crippen molar-refractivity contribution in [3.05, 3.63) is 35.3 Å². The molecule has 0 amide bonds. The summed E-state index contributed by atoms with van der Waals surface area (Å²) in [4.78, 5) is 16.1. The van der Waals surface area contributed by atoms with Crippen molar-refractivity contribution < 1.29 is 36.8 Å². The number of hydrogen-bond donors (Lipinski definition) is 1. The van der Waals surface area contributed by atoms with Crippen molar-refractivity contribution in [2.24, 2.45) is 0 Å². The number of ether oxygens (including phenoxy) is 3. The van der Waals surface area contributed by atoms with Crippen LogP contribution in [0.1, 0.15) is 21.9 Å². The molecule has 0 saturated heterocycles. The number of nitrogen functional groups attached to an aromatic ring is 1. The number of hydrogen-bond acceptors (Lipinski definition) is 10. The zero-order chi connectivity index (χ0) is 20.3. The Bertz CT molecular complexity index is 968. The third-order valence-corrected chi connectivity index (χ3v) is 3.53. The Hall–Kier alpha value is -3.70. The van der Waals surface area contributed by atoms with Crippen molar-refractivity contribution in [2.45, 2.75) is 20.1 Å². The number of esters is 1. The summed E-state index contributed by atoms with van der Waals surface area (Å²) in [5.41, 5.74) is 6.22. The van der Waals surface area contributed by atoms with E-state index in [0.29, 0.717) is 5.56 Å². The van der Waals surface area contributed by atoms with Gasteiger partial charge in [-0.25, -0.2) is 4.79 Å². The minimum atomic E-state index is -2.99. The van der Waals surface area contributed by atoms with Crippen LogP contribution in [0.4, 0.5) is 14.7 Å². The number of carbonyl (C=O) groups is 1. The first-order valence-electron chi connectivity index (χ1n) is 7.73. The van der Waals surface area contributed by atoms with Crippen LogP contribution < -0.4 is 15.2 Å². The quantitative estimate of drug-likeness (QED) is 0.593. The molecule has 0 atom stereocenters. The van der Waals surface area contributed by atoms with Gasteiger partial charge in [-0.05, 0) is 25.1 Å². The highest BCUT2D eigenvalue weighted by Crippen LogP contribution is 2.32. The van der Waals surface area contributed by atoms with Crippen molar-refractivity contribution in [1.29, 1.82) is 0 Å². The fourth-order valence-corrected chi connectivity index (χ4v) is 2.27. The molecule has 2 N–H and O–H groups in total. The van der Waals surface area contributed by atoms with Gasteiger partial charge in [-0.2, -0.15) is 13.8 Å². The second-order valence-corrected chi connectivity index (χ2v) is 5.34. The lowest BCUT2D eigenvalue weighted by Gasteiger charge is -2.10. The normalized spacial score (nSPS) is 10.9. The molecule has 28 heavy (non-hydrogen) atoms. The lowest BCUT2D eigenvalue weighted by Crippen LogP contribution is -2.08. The smallest absolute Gasteiger partial charge is 0.387 e. The molecule has 0 unspecified atom stereocenters. The molecule has 0 radical (unpaired) electrons. The van der Waals surface area contributed by atoms with Gasteiger partial charge in [-0.3, -0.25) is 0 Å². The summed E-state index contributed by atoms with van der Waals surface area (Å²) < 4.78 is 48.9. The van der Waals surface area contributed by atoms with E-state index in [1.807, 2.05) is 0 Å². The summed E-state index contributed by atoms with van der Waals surface area (Å²) in [6.07, 6.45) is 0. The number of aryl methyl sites for hydroxylation is 1. The second-order valence-electron chi connectivity index (χ2n) is 5.34. The number of alkyl halides is 2. The number of rotatable bonds is 7. The van der Waals surface area contributed by atoms with Crippen LogP contribution in [-0.2, 0) is 11.3 Å². The van der Waals surface area contributed by atoms with Gasteiger partial charge in [0.2, 0.25) is 11.7 Å². The van der Waals surface area contributed by atoms with E-state index >= 15 is 0 Å². The molecular formula is C16H14F2N4O6. The summed E-state index contributed by atoms with van der Waals surface area (Å²) in [5, 5.41) is 7.31. The molecule has 0 fully saturated rings. The van der Waals surface area contributed by atoms with Gasteiger partial charge in [0.05, 0.1) is 12.8 Å². The lowest BCUT2D eigenvalue weighted by molar-refractivity contribution is -0.0512. The Labute approximate surface area is 156 Å². The molecular weight excluding hydrogens is 382 g/mol. The average molecular weight is 396 g/mol. The standard InChI is InChI=1S/C16H14F2N4O6/c1-7-12(13(19)28-21-7)15(23)25-6-11-20-14(22-27-11)8-3-4-9(26-16(17)18)10(5-8)24-2/h3-5,16H,6,19H2,1-2H3.